The van der Waals surface area contributed by atoms with Crippen molar-refractivity contribution < 1.29 is 4.79 Å². The van der Waals surface area contributed by atoms with Crippen LogP contribution in [-0.4, -0.2) is 20.7 Å². The summed E-state index contributed by atoms with van der Waals surface area (Å²) in [7, 11) is 0. The number of nitrogens with zero attached hydrogens (tertiary/aromatic N) is 3. The maximum absolute atomic E-state index is 12.0. The highest BCUT2D eigenvalue weighted by molar-refractivity contribution is 9.10. The van der Waals surface area contributed by atoms with Crippen molar-refractivity contribution in [2.45, 2.75) is 20.0 Å². The molecule has 0 radical (unpaired) electrons. The zero-order valence-electron chi connectivity index (χ0n) is 10.4. The summed E-state index contributed by atoms with van der Waals surface area (Å²) in [5, 5.41) is 10.5. The minimum absolute atomic E-state index is 0.190. The molecule has 3 N–H and O–H groups in total. The number of hydrogen-bond donors (Lipinski definition) is 2. The summed E-state index contributed by atoms with van der Waals surface area (Å²) in [6.07, 6.45) is 1.64. The van der Waals surface area contributed by atoms with Crippen molar-refractivity contribution in [3.63, 3.8) is 0 Å². The van der Waals surface area contributed by atoms with Crippen LogP contribution in [0.5, 0.6) is 0 Å². The van der Waals surface area contributed by atoms with Gasteiger partial charge in [-0.3, -0.25) is 4.79 Å². The molecule has 2 rings (SSSR count). The predicted octanol–water partition coefficient (Wildman–Crippen LogP) is 1.57. The Balaban J connectivity index is 2.03. The van der Waals surface area contributed by atoms with E-state index in [4.69, 9.17) is 5.73 Å². The van der Waals surface area contributed by atoms with Crippen LogP contribution < -0.4 is 11.1 Å². The predicted molar refractivity (Wildman–Crippen MR) is 75.4 cm³/mol. The molecule has 6 nitrogen and oxygen atoms in total. The number of hydrogen-bond acceptors (Lipinski definition) is 4. The fourth-order valence-corrected chi connectivity index (χ4v) is 1.87. The second kappa shape index (κ2) is 5.83. The third-order valence-corrected chi connectivity index (χ3v) is 3.42. The van der Waals surface area contributed by atoms with Crippen LogP contribution in [0.25, 0.3) is 0 Å². The number of carbonyl (C=O) groups excluding carboxylic acids is 1. The van der Waals surface area contributed by atoms with Gasteiger partial charge in [-0.25, -0.2) is 0 Å². The van der Waals surface area contributed by atoms with E-state index in [1.807, 2.05) is 11.5 Å². The van der Waals surface area contributed by atoms with Gasteiger partial charge in [0, 0.05) is 22.3 Å². The average Bonchev–Trinajstić information content (AvgIpc) is 2.86. The highest BCUT2D eigenvalue weighted by Gasteiger charge is 2.09. The molecular formula is C12H14BrN5O. The van der Waals surface area contributed by atoms with E-state index in [1.165, 1.54) is 0 Å². The largest absolute Gasteiger partial charge is 0.398 e. The number of nitrogens with two attached hydrogens (primary N) is 1. The van der Waals surface area contributed by atoms with Crippen LogP contribution in [0.15, 0.2) is 29.0 Å². The first-order chi connectivity index (χ1) is 9.11. The van der Waals surface area contributed by atoms with Crippen LogP contribution in [0.3, 0.4) is 0 Å². The van der Waals surface area contributed by atoms with Gasteiger partial charge in [-0.2, -0.15) is 0 Å². The fraction of sp³-hybridized carbons (Fsp3) is 0.250. The highest BCUT2D eigenvalue weighted by Crippen LogP contribution is 2.20. The molecule has 1 heterocycles. The molecule has 19 heavy (non-hydrogen) atoms. The fourth-order valence-electron chi connectivity index (χ4n) is 1.63. The number of nitrogens with one attached hydrogen (secondary N) is 1. The lowest BCUT2D eigenvalue weighted by Crippen LogP contribution is -2.24. The van der Waals surface area contributed by atoms with Crippen molar-refractivity contribution in [3.05, 3.63) is 40.4 Å². The van der Waals surface area contributed by atoms with Gasteiger partial charge in [0.05, 0.1) is 6.54 Å². The first kappa shape index (κ1) is 13.5. The number of amides is 1. The lowest BCUT2D eigenvalue weighted by Gasteiger charge is -2.07. The molecule has 0 unspecified atom stereocenters. The Hall–Kier alpha value is -1.89. The molecule has 7 heteroatoms. The standard InChI is InChI=1S/C12H14BrN5O/c1-2-18-7-16-17-11(18)6-15-12(19)8-3-4-9(13)10(14)5-8/h3-5,7H,2,6,14H2,1H3,(H,15,19). The van der Waals surface area contributed by atoms with Crippen LogP contribution in [0.4, 0.5) is 5.69 Å². The van der Waals surface area contributed by atoms with Crippen molar-refractivity contribution in [2.24, 2.45) is 0 Å². The van der Waals surface area contributed by atoms with Gasteiger partial charge in [0.1, 0.15) is 6.33 Å². The molecular weight excluding hydrogens is 310 g/mol. The highest BCUT2D eigenvalue weighted by atomic mass is 79.9. The second-order valence-electron chi connectivity index (χ2n) is 3.95. The molecule has 0 aliphatic rings. The molecule has 0 aliphatic heterocycles. The van der Waals surface area contributed by atoms with E-state index in [0.717, 1.165) is 16.8 Å². The molecule has 1 aromatic carbocycles. The van der Waals surface area contributed by atoms with Gasteiger partial charge in [0.2, 0.25) is 0 Å². The first-order valence-electron chi connectivity index (χ1n) is 5.81. The summed E-state index contributed by atoms with van der Waals surface area (Å²) in [6.45, 7) is 3.09. The number of aryl methyl sites for hydroxylation is 1. The number of nitrogen functional groups attached to an aromatic ring is 1. The third-order valence-electron chi connectivity index (χ3n) is 2.70. The monoisotopic (exact) mass is 323 g/mol. The molecule has 0 spiro atoms. The van der Waals surface area contributed by atoms with Gasteiger partial charge in [-0.1, -0.05) is 0 Å². The van der Waals surface area contributed by atoms with Crippen molar-refractivity contribution in [1.82, 2.24) is 20.1 Å². The Morgan fingerprint density at radius 1 is 1.53 bits per heavy atom. The lowest BCUT2D eigenvalue weighted by molar-refractivity contribution is 0.0949. The average molecular weight is 324 g/mol. The first-order valence-corrected chi connectivity index (χ1v) is 6.61. The SMILES string of the molecule is CCn1cnnc1CNC(=O)c1ccc(Br)c(N)c1. The van der Waals surface area contributed by atoms with E-state index in [1.54, 1.807) is 24.5 Å². The molecule has 0 atom stereocenters. The summed E-state index contributed by atoms with van der Waals surface area (Å²) in [4.78, 5) is 12.0. The molecule has 100 valence electrons. The van der Waals surface area contributed by atoms with Crippen molar-refractivity contribution >= 4 is 27.5 Å². The number of anilines is 1. The smallest absolute Gasteiger partial charge is 0.251 e. The number of halogens is 1. The van der Waals surface area contributed by atoms with Crippen LogP contribution in [-0.2, 0) is 13.1 Å². The summed E-state index contributed by atoms with van der Waals surface area (Å²) >= 11 is 3.29. The molecule has 0 saturated heterocycles. The van der Waals surface area contributed by atoms with Crippen molar-refractivity contribution in [3.8, 4) is 0 Å². The van der Waals surface area contributed by atoms with E-state index in [-0.39, 0.29) is 5.91 Å². The Bertz CT molecular complexity index is 596. The minimum atomic E-state index is -0.190. The van der Waals surface area contributed by atoms with E-state index in [9.17, 15) is 4.79 Å². The number of carbonyl (C=O) groups is 1. The van der Waals surface area contributed by atoms with Gasteiger partial charge >= 0.3 is 0 Å². The number of aromatic nitrogens is 3. The van der Waals surface area contributed by atoms with Gasteiger partial charge in [-0.05, 0) is 41.1 Å². The number of benzene rings is 1. The number of rotatable bonds is 4. The third kappa shape index (κ3) is 3.11. The normalized spacial score (nSPS) is 10.4. The van der Waals surface area contributed by atoms with Crippen molar-refractivity contribution in [2.75, 3.05) is 5.73 Å². The van der Waals surface area contributed by atoms with Crippen LogP contribution in [0, 0.1) is 0 Å². The van der Waals surface area contributed by atoms with Gasteiger partial charge in [-0.15, -0.1) is 10.2 Å². The maximum Gasteiger partial charge on any atom is 0.251 e. The molecule has 1 aromatic heterocycles. The van der Waals surface area contributed by atoms with Gasteiger partial charge in [0.25, 0.3) is 5.91 Å². The van der Waals surface area contributed by atoms with Gasteiger partial charge < -0.3 is 15.6 Å². The zero-order chi connectivity index (χ0) is 13.8. The Kier molecular flexibility index (Phi) is 4.16. The van der Waals surface area contributed by atoms with E-state index in [0.29, 0.717) is 17.8 Å². The molecule has 0 fully saturated rings. The summed E-state index contributed by atoms with van der Waals surface area (Å²) in [5.74, 6) is 0.533. The maximum atomic E-state index is 12.0. The van der Waals surface area contributed by atoms with E-state index in [2.05, 4.69) is 31.4 Å². The van der Waals surface area contributed by atoms with E-state index >= 15 is 0 Å². The minimum Gasteiger partial charge on any atom is -0.398 e. The molecule has 0 saturated carbocycles. The molecule has 1 amide bonds. The van der Waals surface area contributed by atoms with Crippen LogP contribution in [0.2, 0.25) is 0 Å². The molecule has 0 bridgehead atoms. The van der Waals surface area contributed by atoms with Crippen LogP contribution >= 0.6 is 15.9 Å². The topological polar surface area (TPSA) is 85.8 Å². The Morgan fingerprint density at radius 3 is 3.00 bits per heavy atom. The Morgan fingerprint density at radius 2 is 2.32 bits per heavy atom. The summed E-state index contributed by atoms with van der Waals surface area (Å²) < 4.78 is 2.64. The zero-order valence-corrected chi connectivity index (χ0v) is 12.0. The second-order valence-corrected chi connectivity index (χ2v) is 4.81. The summed E-state index contributed by atoms with van der Waals surface area (Å²) in [6, 6.07) is 5.09. The van der Waals surface area contributed by atoms with Crippen molar-refractivity contribution in [1.29, 1.82) is 0 Å². The molecule has 2 aromatic rings. The summed E-state index contributed by atoms with van der Waals surface area (Å²) in [5.41, 5.74) is 6.79. The lowest BCUT2D eigenvalue weighted by atomic mass is 10.2. The van der Waals surface area contributed by atoms with Crippen LogP contribution in [0.1, 0.15) is 23.1 Å². The Labute approximate surface area is 119 Å². The van der Waals surface area contributed by atoms with Gasteiger partial charge in [0.15, 0.2) is 5.82 Å². The van der Waals surface area contributed by atoms with E-state index < -0.39 is 0 Å². The quantitative estimate of drug-likeness (QED) is 0.836. The molecule has 0 aliphatic carbocycles.